The van der Waals surface area contributed by atoms with Gasteiger partial charge >= 0.3 is 0 Å². The van der Waals surface area contributed by atoms with E-state index in [9.17, 15) is 0 Å². The summed E-state index contributed by atoms with van der Waals surface area (Å²) >= 11 is 0. The molecule has 0 radical (unpaired) electrons. The number of hydrogen-bond donors (Lipinski definition) is 0. The molecule has 2 aliphatic rings. The van der Waals surface area contributed by atoms with Crippen molar-refractivity contribution in [2.45, 2.75) is 82.2 Å². The molecule has 2 aliphatic heterocycles. The van der Waals surface area contributed by atoms with E-state index in [4.69, 9.17) is 0 Å². The summed E-state index contributed by atoms with van der Waals surface area (Å²) in [5.74, 6) is 2.22. The van der Waals surface area contributed by atoms with Crippen molar-refractivity contribution < 1.29 is 0 Å². The molecule has 2 saturated heterocycles. The molecule has 0 spiro atoms. The molecule has 0 aliphatic carbocycles. The predicted molar refractivity (Wildman–Crippen MR) is 73.7 cm³/mol. The van der Waals surface area contributed by atoms with Crippen molar-refractivity contribution >= 4 is 14.8 Å². The molecule has 0 nitrogen and oxygen atoms in total. The molecule has 15 heavy (non-hydrogen) atoms. The maximum atomic E-state index is 2.58. The number of rotatable bonds is 2. The molecular weight excluding hydrogens is 195 g/mol. The van der Waals surface area contributed by atoms with Crippen LogP contribution in [0.4, 0.5) is 0 Å². The van der Waals surface area contributed by atoms with E-state index in [2.05, 4.69) is 26.6 Å². The van der Waals surface area contributed by atoms with E-state index in [1.807, 2.05) is 0 Å². The van der Waals surface area contributed by atoms with Crippen molar-refractivity contribution in [2.24, 2.45) is 0 Å². The van der Waals surface area contributed by atoms with Crippen LogP contribution >= 0.6 is 0 Å². The van der Waals surface area contributed by atoms with Gasteiger partial charge in [-0.2, -0.15) is 0 Å². The maximum Gasteiger partial charge on any atom is 0.146 e. The molecule has 2 rings (SSSR count). The standard InChI is InChI=1S/C13H27BSi/c1-11(15(2,3)4)14-12-7-5-8-13(14)10-6-9-12/h11-13H,5-10H2,1-4H3. The Morgan fingerprint density at radius 3 is 1.67 bits per heavy atom. The Morgan fingerprint density at radius 1 is 0.933 bits per heavy atom. The molecule has 0 aromatic carbocycles. The Labute approximate surface area is 97.3 Å². The first-order chi connectivity index (χ1) is 7.00. The van der Waals surface area contributed by atoms with Crippen molar-refractivity contribution in [1.82, 2.24) is 0 Å². The zero-order valence-corrected chi connectivity index (χ0v) is 12.1. The van der Waals surface area contributed by atoms with Crippen molar-refractivity contribution in [3.63, 3.8) is 0 Å². The minimum atomic E-state index is -0.914. The SMILES string of the molecule is CC(B1C2CCCC1CCC2)[Si](C)(C)C. The molecule has 2 bridgehead atoms. The topological polar surface area (TPSA) is 0 Å². The number of hydrogen-bond acceptors (Lipinski definition) is 0. The average molecular weight is 222 g/mol. The fraction of sp³-hybridized carbons (Fsp3) is 1.00. The summed E-state index contributed by atoms with van der Waals surface area (Å²) in [4.78, 5) is 0. The lowest BCUT2D eigenvalue weighted by Gasteiger charge is -2.46. The number of fused-ring (bicyclic) bond motifs is 2. The van der Waals surface area contributed by atoms with Gasteiger partial charge in [-0.3, -0.25) is 0 Å². The second kappa shape index (κ2) is 4.27. The minimum absolute atomic E-state index is 0.914. The molecule has 0 N–H and O–H groups in total. The smallest absolute Gasteiger partial charge is 0.0714 e. The molecule has 86 valence electrons. The highest BCUT2D eigenvalue weighted by molar-refractivity contribution is 6.90. The third kappa shape index (κ3) is 2.35. The quantitative estimate of drug-likeness (QED) is 0.585. The Morgan fingerprint density at radius 2 is 1.33 bits per heavy atom. The first-order valence-electron chi connectivity index (χ1n) is 7.00. The second-order valence-corrected chi connectivity index (χ2v) is 12.8. The Bertz CT molecular complexity index is 199. The largest absolute Gasteiger partial charge is 0.146 e. The molecule has 0 aromatic rings. The molecule has 0 aromatic heterocycles. The lowest BCUT2D eigenvalue weighted by molar-refractivity contribution is 0.440. The van der Waals surface area contributed by atoms with Gasteiger partial charge in [0, 0.05) is 8.07 Å². The van der Waals surface area contributed by atoms with Crippen molar-refractivity contribution in [3.8, 4) is 0 Å². The Kier molecular flexibility index (Phi) is 3.35. The normalized spacial score (nSPS) is 34.0. The molecule has 2 heteroatoms. The van der Waals surface area contributed by atoms with Gasteiger partial charge in [0.1, 0.15) is 6.71 Å². The van der Waals surface area contributed by atoms with Crippen LogP contribution in [-0.4, -0.2) is 14.8 Å². The highest BCUT2D eigenvalue weighted by atomic mass is 28.3. The molecule has 1 unspecified atom stereocenters. The molecule has 0 saturated carbocycles. The van der Waals surface area contributed by atoms with Crippen LogP contribution in [0.3, 0.4) is 0 Å². The highest BCUT2D eigenvalue weighted by Gasteiger charge is 2.45. The van der Waals surface area contributed by atoms with Crippen LogP contribution in [0.25, 0.3) is 0 Å². The van der Waals surface area contributed by atoms with E-state index in [0.717, 1.165) is 23.8 Å². The fourth-order valence-corrected chi connectivity index (χ4v) is 5.82. The zero-order chi connectivity index (χ0) is 11.1. The summed E-state index contributed by atoms with van der Waals surface area (Å²) in [6, 6.07) is 0. The van der Waals surface area contributed by atoms with Crippen LogP contribution < -0.4 is 0 Å². The predicted octanol–water partition coefficient (Wildman–Crippen LogP) is 4.86. The average Bonchev–Trinajstić information content (AvgIpc) is 2.14. The summed E-state index contributed by atoms with van der Waals surface area (Å²) in [5.41, 5.74) is 1.05. The van der Waals surface area contributed by atoms with Gasteiger partial charge in [-0.25, -0.2) is 0 Å². The van der Waals surface area contributed by atoms with Gasteiger partial charge in [0.25, 0.3) is 0 Å². The molecular formula is C13H27BSi. The summed E-state index contributed by atoms with van der Waals surface area (Å²) < 4.78 is 0. The van der Waals surface area contributed by atoms with Crippen LogP contribution in [0.5, 0.6) is 0 Å². The van der Waals surface area contributed by atoms with E-state index in [1.54, 1.807) is 25.7 Å². The third-order valence-corrected chi connectivity index (χ3v) is 8.45. The second-order valence-electron chi connectivity index (χ2n) is 7.11. The highest BCUT2D eigenvalue weighted by Crippen LogP contribution is 2.51. The van der Waals surface area contributed by atoms with Gasteiger partial charge < -0.3 is 0 Å². The van der Waals surface area contributed by atoms with E-state index in [1.165, 1.54) is 12.8 Å². The minimum Gasteiger partial charge on any atom is -0.0714 e. The summed E-state index contributed by atoms with van der Waals surface area (Å²) in [5, 5.41) is 0. The van der Waals surface area contributed by atoms with Crippen molar-refractivity contribution in [1.29, 1.82) is 0 Å². The van der Waals surface area contributed by atoms with Gasteiger partial charge in [-0.15, -0.1) is 0 Å². The first kappa shape index (κ1) is 11.8. The third-order valence-electron chi connectivity index (χ3n) is 5.33. The lowest BCUT2D eigenvalue weighted by atomic mass is 9.26. The van der Waals surface area contributed by atoms with Gasteiger partial charge in [-0.1, -0.05) is 82.2 Å². The van der Waals surface area contributed by atoms with E-state index < -0.39 is 8.07 Å². The van der Waals surface area contributed by atoms with Gasteiger partial charge in [-0.05, 0) is 0 Å². The first-order valence-corrected chi connectivity index (χ1v) is 10.6. The van der Waals surface area contributed by atoms with Crippen molar-refractivity contribution in [2.75, 3.05) is 0 Å². The summed E-state index contributed by atoms with van der Waals surface area (Å²) in [6.45, 7) is 11.4. The van der Waals surface area contributed by atoms with Gasteiger partial charge in [0.05, 0.1) is 0 Å². The molecule has 2 fully saturated rings. The molecule has 2 heterocycles. The fourth-order valence-electron chi connectivity index (χ4n) is 4.12. The van der Waals surface area contributed by atoms with E-state index in [-0.39, 0.29) is 0 Å². The van der Waals surface area contributed by atoms with Crippen LogP contribution in [0.15, 0.2) is 0 Å². The molecule has 0 amide bonds. The zero-order valence-electron chi connectivity index (χ0n) is 11.1. The van der Waals surface area contributed by atoms with Crippen molar-refractivity contribution in [3.05, 3.63) is 0 Å². The maximum absolute atomic E-state index is 2.58. The Balaban J connectivity index is 2.12. The van der Waals surface area contributed by atoms with Crippen LogP contribution in [0.1, 0.15) is 45.4 Å². The van der Waals surface area contributed by atoms with Crippen LogP contribution in [-0.2, 0) is 0 Å². The lowest BCUT2D eigenvalue weighted by Crippen LogP contribution is -2.45. The summed E-state index contributed by atoms with van der Waals surface area (Å²) in [7, 11) is -0.914. The van der Waals surface area contributed by atoms with Gasteiger partial charge in [0.15, 0.2) is 0 Å². The summed E-state index contributed by atoms with van der Waals surface area (Å²) in [6.07, 6.45) is 9.27. The monoisotopic (exact) mass is 222 g/mol. The molecule has 1 atom stereocenters. The Hall–Kier alpha value is 0.282. The van der Waals surface area contributed by atoms with Crippen LogP contribution in [0, 0.1) is 0 Å². The van der Waals surface area contributed by atoms with E-state index in [0.29, 0.717) is 0 Å². The van der Waals surface area contributed by atoms with Crippen LogP contribution in [0.2, 0.25) is 36.7 Å². The van der Waals surface area contributed by atoms with E-state index >= 15 is 0 Å². The van der Waals surface area contributed by atoms with Gasteiger partial charge in [0.2, 0.25) is 0 Å².